The molecule has 1 amide bonds. The molecular formula is C14H21ClN2O4S. The molecule has 1 rings (SSSR count). The molecule has 8 heteroatoms. The molecule has 0 saturated carbocycles. The molecule has 0 aliphatic carbocycles. The summed E-state index contributed by atoms with van der Waals surface area (Å²) >= 11 is 6.05. The fraction of sp³-hybridized carbons (Fsp3) is 0.500. The summed E-state index contributed by atoms with van der Waals surface area (Å²) in [6, 6.07) is 4.22. The van der Waals surface area contributed by atoms with Crippen molar-refractivity contribution < 1.29 is 17.9 Å². The number of carbonyl (C=O) groups excluding carboxylic acids is 1. The first-order valence-corrected chi connectivity index (χ1v) is 8.87. The van der Waals surface area contributed by atoms with E-state index in [0.717, 1.165) is 0 Å². The zero-order chi connectivity index (χ0) is 16.8. The Kier molecular flexibility index (Phi) is 7.12. The van der Waals surface area contributed by atoms with Crippen LogP contribution in [0, 0.1) is 0 Å². The van der Waals surface area contributed by atoms with Gasteiger partial charge in [-0.15, -0.1) is 0 Å². The van der Waals surface area contributed by atoms with Gasteiger partial charge in [0.2, 0.25) is 10.0 Å². The van der Waals surface area contributed by atoms with Crippen LogP contribution in [0.25, 0.3) is 0 Å². The first-order chi connectivity index (χ1) is 10.4. The molecule has 22 heavy (non-hydrogen) atoms. The second-order valence-corrected chi connectivity index (χ2v) is 6.77. The highest BCUT2D eigenvalue weighted by Crippen LogP contribution is 2.28. The van der Waals surface area contributed by atoms with Crippen LogP contribution in [-0.4, -0.2) is 44.9 Å². The quantitative estimate of drug-likeness (QED) is 0.778. The molecule has 0 aliphatic heterocycles. The smallest absolute Gasteiger partial charge is 0.257 e. The minimum absolute atomic E-state index is 0.103. The van der Waals surface area contributed by atoms with E-state index in [1.807, 2.05) is 0 Å². The van der Waals surface area contributed by atoms with Crippen LogP contribution < -0.4 is 10.1 Å². The van der Waals surface area contributed by atoms with E-state index in [1.54, 1.807) is 20.8 Å². The van der Waals surface area contributed by atoms with Crippen molar-refractivity contribution in [1.82, 2.24) is 9.62 Å². The zero-order valence-electron chi connectivity index (χ0n) is 12.9. The predicted molar refractivity (Wildman–Crippen MR) is 85.7 cm³/mol. The maximum Gasteiger partial charge on any atom is 0.257 e. The summed E-state index contributed by atoms with van der Waals surface area (Å²) < 4.78 is 31.4. The lowest BCUT2D eigenvalue weighted by atomic mass is 10.3. The van der Waals surface area contributed by atoms with Gasteiger partial charge in [-0.25, -0.2) is 8.42 Å². The van der Waals surface area contributed by atoms with E-state index in [-0.39, 0.29) is 28.2 Å². The third kappa shape index (κ3) is 4.59. The minimum Gasteiger partial charge on any atom is -0.482 e. The molecular weight excluding hydrogens is 328 g/mol. The van der Waals surface area contributed by atoms with Crippen molar-refractivity contribution in [1.29, 1.82) is 0 Å². The fourth-order valence-electron chi connectivity index (χ4n) is 1.86. The Balaban J connectivity index is 2.92. The van der Waals surface area contributed by atoms with Crippen molar-refractivity contribution in [2.24, 2.45) is 0 Å². The van der Waals surface area contributed by atoms with E-state index in [9.17, 15) is 13.2 Å². The van der Waals surface area contributed by atoms with Gasteiger partial charge in [-0.1, -0.05) is 25.4 Å². The Labute approximate surface area is 136 Å². The maximum atomic E-state index is 12.4. The van der Waals surface area contributed by atoms with Gasteiger partial charge in [-0.05, 0) is 25.1 Å². The van der Waals surface area contributed by atoms with Crippen LogP contribution >= 0.6 is 11.6 Å². The van der Waals surface area contributed by atoms with E-state index in [2.05, 4.69) is 5.32 Å². The number of hydrogen-bond donors (Lipinski definition) is 1. The number of sulfonamides is 1. The Bertz CT molecular complexity index is 615. The van der Waals surface area contributed by atoms with E-state index in [4.69, 9.17) is 16.3 Å². The first-order valence-electron chi connectivity index (χ1n) is 7.05. The largest absolute Gasteiger partial charge is 0.482 e. The summed E-state index contributed by atoms with van der Waals surface area (Å²) in [6.45, 7) is 6.45. The van der Waals surface area contributed by atoms with Gasteiger partial charge in [0.1, 0.15) is 5.75 Å². The van der Waals surface area contributed by atoms with E-state index < -0.39 is 10.0 Å². The first kappa shape index (κ1) is 18.7. The van der Waals surface area contributed by atoms with Crippen molar-refractivity contribution >= 4 is 27.5 Å². The van der Waals surface area contributed by atoms with Crippen LogP contribution in [0.5, 0.6) is 5.75 Å². The molecule has 0 bridgehead atoms. The fourth-order valence-corrected chi connectivity index (χ4v) is 3.65. The van der Waals surface area contributed by atoms with Gasteiger partial charge in [0, 0.05) is 19.6 Å². The molecule has 0 unspecified atom stereocenters. The standard InChI is InChI=1S/C14H21ClN2O4S/c1-4-16-14(18)10-21-13-8-7-11(9-12(13)15)22(19,20)17(5-2)6-3/h7-9H,4-6,10H2,1-3H3,(H,16,18). The molecule has 0 aliphatic rings. The number of likely N-dealkylation sites (N-methyl/N-ethyl adjacent to an activating group) is 1. The van der Waals surface area contributed by atoms with Gasteiger partial charge in [0.25, 0.3) is 5.91 Å². The number of ether oxygens (including phenoxy) is 1. The lowest BCUT2D eigenvalue weighted by molar-refractivity contribution is -0.122. The number of nitrogens with one attached hydrogen (secondary N) is 1. The molecule has 1 aromatic rings. The van der Waals surface area contributed by atoms with Crippen LogP contribution in [0.3, 0.4) is 0 Å². The lowest BCUT2D eigenvalue weighted by Gasteiger charge is -2.19. The number of rotatable bonds is 8. The average molecular weight is 349 g/mol. The summed E-state index contributed by atoms with van der Waals surface area (Å²) in [6.07, 6.45) is 0. The highest BCUT2D eigenvalue weighted by Gasteiger charge is 2.22. The van der Waals surface area contributed by atoms with E-state index in [0.29, 0.717) is 19.6 Å². The Morgan fingerprint density at radius 2 is 1.91 bits per heavy atom. The third-order valence-electron chi connectivity index (χ3n) is 2.98. The van der Waals surface area contributed by atoms with Gasteiger partial charge in [-0.3, -0.25) is 4.79 Å². The van der Waals surface area contributed by atoms with E-state index >= 15 is 0 Å². The number of amides is 1. The van der Waals surface area contributed by atoms with Crippen molar-refractivity contribution in [2.45, 2.75) is 25.7 Å². The molecule has 0 fully saturated rings. The third-order valence-corrected chi connectivity index (χ3v) is 5.32. The Hall–Kier alpha value is -1.31. The molecule has 0 atom stereocenters. The molecule has 0 aromatic heterocycles. The molecule has 1 N–H and O–H groups in total. The van der Waals surface area contributed by atoms with Crippen molar-refractivity contribution in [2.75, 3.05) is 26.2 Å². The number of halogens is 1. The molecule has 1 aromatic carbocycles. The monoisotopic (exact) mass is 348 g/mol. The lowest BCUT2D eigenvalue weighted by Crippen LogP contribution is -2.30. The van der Waals surface area contributed by atoms with Crippen LogP contribution in [0.15, 0.2) is 23.1 Å². The maximum absolute atomic E-state index is 12.4. The predicted octanol–water partition coefficient (Wildman–Crippen LogP) is 1.89. The summed E-state index contributed by atoms with van der Waals surface area (Å²) in [5.74, 6) is 0.00447. The van der Waals surface area contributed by atoms with Crippen LogP contribution in [0.1, 0.15) is 20.8 Å². The Morgan fingerprint density at radius 1 is 1.27 bits per heavy atom. The van der Waals surface area contributed by atoms with Gasteiger partial charge in [0.15, 0.2) is 6.61 Å². The van der Waals surface area contributed by atoms with Crippen molar-refractivity contribution in [3.8, 4) is 5.75 Å². The summed E-state index contributed by atoms with van der Waals surface area (Å²) in [5.41, 5.74) is 0. The second kappa shape index (κ2) is 8.36. The van der Waals surface area contributed by atoms with E-state index in [1.165, 1.54) is 22.5 Å². The average Bonchev–Trinajstić information content (AvgIpc) is 2.47. The van der Waals surface area contributed by atoms with Crippen molar-refractivity contribution in [3.63, 3.8) is 0 Å². The number of nitrogens with zero attached hydrogens (tertiary/aromatic N) is 1. The second-order valence-electron chi connectivity index (χ2n) is 4.42. The summed E-state index contributed by atoms with van der Waals surface area (Å²) in [5, 5.41) is 2.74. The molecule has 0 saturated heterocycles. The number of carbonyl (C=O) groups is 1. The highest BCUT2D eigenvalue weighted by molar-refractivity contribution is 7.89. The van der Waals surface area contributed by atoms with Crippen LogP contribution in [-0.2, 0) is 14.8 Å². The summed E-state index contributed by atoms with van der Waals surface area (Å²) in [4.78, 5) is 11.4. The number of benzene rings is 1. The normalized spacial score (nSPS) is 11.5. The van der Waals surface area contributed by atoms with Gasteiger partial charge in [-0.2, -0.15) is 4.31 Å². The topological polar surface area (TPSA) is 75.7 Å². The molecule has 0 spiro atoms. The van der Waals surface area contributed by atoms with Crippen molar-refractivity contribution in [3.05, 3.63) is 23.2 Å². The molecule has 0 heterocycles. The zero-order valence-corrected chi connectivity index (χ0v) is 14.5. The van der Waals surface area contributed by atoms with Gasteiger partial charge in [0.05, 0.1) is 9.92 Å². The summed E-state index contributed by atoms with van der Waals surface area (Å²) in [7, 11) is -3.57. The SMILES string of the molecule is CCNC(=O)COc1ccc(S(=O)(=O)N(CC)CC)cc1Cl. The van der Waals surface area contributed by atoms with Crippen LogP contribution in [0.4, 0.5) is 0 Å². The Morgan fingerprint density at radius 3 is 2.41 bits per heavy atom. The molecule has 6 nitrogen and oxygen atoms in total. The number of hydrogen-bond acceptors (Lipinski definition) is 4. The minimum atomic E-state index is -3.57. The molecule has 124 valence electrons. The van der Waals surface area contributed by atoms with Gasteiger partial charge >= 0.3 is 0 Å². The van der Waals surface area contributed by atoms with Gasteiger partial charge < -0.3 is 10.1 Å². The highest BCUT2D eigenvalue weighted by atomic mass is 35.5. The van der Waals surface area contributed by atoms with Crippen LogP contribution in [0.2, 0.25) is 5.02 Å². The molecule has 0 radical (unpaired) electrons.